The fourth-order valence-electron chi connectivity index (χ4n) is 2.59. The zero-order valence-electron chi connectivity index (χ0n) is 13.3. The molecule has 1 aliphatic rings. The van der Waals surface area contributed by atoms with Gasteiger partial charge in [-0.25, -0.2) is 12.8 Å². The molecular weight excluding hydrogens is 337 g/mol. The van der Waals surface area contributed by atoms with Gasteiger partial charge < -0.3 is 10.6 Å². The van der Waals surface area contributed by atoms with Crippen LogP contribution in [0.3, 0.4) is 0 Å². The van der Waals surface area contributed by atoms with Crippen LogP contribution in [-0.2, 0) is 19.6 Å². The van der Waals surface area contributed by atoms with Crippen LogP contribution < -0.4 is 10.6 Å². The number of carbonyl (C=O) groups excluding carboxylic acids is 2. The molecule has 0 bridgehead atoms. The van der Waals surface area contributed by atoms with Crippen LogP contribution in [-0.4, -0.2) is 49.9 Å². The maximum atomic E-state index is 13.4. The van der Waals surface area contributed by atoms with Gasteiger partial charge >= 0.3 is 0 Å². The number of rotatable bonds is 6. The number of amides is 2. The summed E-state index contributed by atoms with van der Waals surface area (Å²) in [6.07, 6.45) is 2.12. The lowest BCUT2D eigenvalue weighted by Gasteiger charge is -2.21. The van der Waals surface area contributed by atoms with Gasteiger partial charge in [0.05, 0.1) is 11.9 Å². The Hall–Kier alpha value is -2.00. The van der Waals surface area contributed by atoms with E-state index in [1.54, 1.807) is 6.07 Å². The Morgan fingerprint density at radius 2 is 2.04 bits per heavy atom. The van der Waals surface area contributed by atoms with Crippen LogP contribution in [0.1, 0.15) is 19.3 Å². The van der Waals surface area contributed by atoms with E-state index in [2.05, 4.69) is 10.6 Å². The van der Waals surface area contributed by atoms with E-state index in [9.17, 15) is 22.4 Å². The number of sulfonamides is 1. The third-order valence-corrected chi connectivity index (χ3v) is 5.02. The molecule has 0 unspecified atom stereocenters. The molecule has 2 amide bonds. The van der Waals surface area contributed by atoms with Crippen molar-refractivity contribution in [1.82, 2.24) is 9.62 Å². The summed E-state index contributed by atoms with van der Waals surface area (Å²) in [4.78, 5) is 23.8. The first-order valence-electron chi connectivity index (χ1n) is 7.58. The molecule has 0 saturated carbocycles. The highest BCUT2D eigenvalue weighted by Crippen LogP contribution is 2.20. The second kappa shape index (κ2) is 7.71. The second-order valence-electron chi connectivity index (χ2n) is 5.60. The third kappa shape index (κ3) is 4.75. The molecule has 1 aromatic carbocycles. The molecule has 1 saturated heterocycles. The molecule has 1 atom stereocenters. The van der Waals surface area contributed by atoms with Crippen molar-refractivity contribution in [2.75, 3.05) is 24.7 Å². The van der Waals surface area contributed by atoms with Gasteiger partial charge in [0, 0.05) is 19.5 Å². The number of benzene rings is 1. The summed E-state index contributed by atoms with van der Waals surface area (Å²) >= 11 is 0. The van der Waals surface area contributed by atoms with Gasteiger partial charge in [0.1, 0.15) is 11.9 Å². The Labute approximate surface area is 140 Å². The molecule has 0 spiro atoms. The SMILES string of the molecule is CS(=O)(=O)N1CCC[C@H]1C(=O)NCCC(=O)Nc1ccccc1F. The highest BCUT2D eigenvalue weighted by atomic mass is 32.2. The molecule has 24 heavy (non-hydrogen) atoms. The van der Waals surface area contributed by atoms with Gasteiger partial charge in [0.15, 0.2) is 0 Å². The molecular formula is C15H20FN3O4S. The highest BCUT2D eigenvalue weighted by molar-refractivity contribution is 7.88. The average Bonchev–Trinajstić information content (AvgIpc) is 2.99. The average molecular weight is 357 g/mol. The predicted octanol–water partition coefficient (Wildman–Crippen LogP) is 0.694. The molecule has 0 radical (unpaired) electrons. The van der Waals surface area contributed by atoms with Crippen molar-refractivity contribution < 1.29 is 22.4 Å². The van der Waals surface area contributed by atoms with Gasteiger partial charge in [-0.2, -0.15) is 4.31 Å². The Morgan fingerprint density at radius 3 is 2.71 bits per heavy atom. The first-order chi connectivity index (χ1) is 11.3. The minimum atomic E-state index is -3.43. The van der Waals surface area contributed by atoms with Gasteiger partial charge in [-0.15, -0.1) is 0 Å². The number of carbonyl (C=O) groups is 2. The van der Waals surface area contributed by atoms with Crippen molar-refractivity contribution in [3.63, 3.8) is 0 Å². The molecule has 2 N–H and O–H groups in total. The standard InChI is InChI=1S/C15H20FN3O4S/c1-24(22,23)19-10-4-7-13(19)15(21)17-9-8-14(20)18-12-6-3-2-5-11(12)16/h2-3,5-6,13H,4,7-10H2,1H3,(H,17,21)(H,18,20)/t13-/m0/s1. The molecule has 1 aliphatic heterocycles. The molecule has 0 aliphatic carbocycles. The van der Waals surface area contributed by atoms with Crippen LogP contribution in [0.5, 0.6) is 0 Å². The maximum Gasteiger partial charge on any atom is 0.238 e. The summed E-state index contributed by atoms with van der Waals surface area (Å²) in [5.74, 6) is -1.40. The van der Waals surface area contributed by atoms with Gasteiger partial charge in [-0.1, -0.05) is 12.1 Å². The lowest BCUT2D eigenvalue weighted by atomic mass is 10.2. The number of anilines is 1. The summed E-state index contributed by atoms with van der Waals surface area (Å²) in [5.41, 5.74) is 0.0767. The number of para-hydroxylation sites is 1. The molecule has 7 nitrogen and oxygen atoms in total. The maximum absolute atomic E-state index is 13.4. The molecule has 0 aromatic heterocycles. The molecule has 1 fully saturated rings. The predicted molar refractivity (Wildman–Crippen MR) is 87.2 cm³/mol. The summed E-state index contributed by atoms with van der Waals surface area (Å²) in [6.45, 7) is 0.373. The summed E-state index contributed by atoms with van der Waals surface area (Å²) in [5, 5.41) is 4.97. The van der Waals surface area contributed by atoms with E-state index in [1.165, 1.54) is 22.5 Å². The van der Waals surface area contributed by atoms with E-state index in [1.807, 2.05) is 0 Å². The lowest BCUT2D eigenvalue weighted by molar-refractivity contribution is -0.124. The van der Waals surface area contributed by atoms with Gasteiger partial charge in [0.2, 0.25) is 21.8 Å². The van der Waals surface area contributed by atoms with E-state index in [4.69, 9.17) is 0 Å². The summed E-state index contributed by atoms with van der Waals surface area (Å²) in [7, 11) is -3.43. The van der Waals surface area contributed by atoms with Crippen molar-refractivity contribution in [3.8, 4) is 0 Å². The van der Waals surface area contributed by atoms with Gasteiger partial charge in [-0.05, 0) is 25.0 Å². The molecule has 132 valence electrons. The smallest absolute Gasteiger partial charge is 0.238 e. The molecule has 9 heteroatoms. The van der Waals surface area contributed by atoms with Gasteiger partial charge in [0.25, 0.3) is 0 Å². The van der Waals surface area contributed by atoms with Gasteiger partial charge in [-0.3, -0.25) is 9.59 Å². The summed E-state index contributed by atoms with van der Waals surface area (Å²) < 4.78 is 37.8. The van der Waals surface area contributed by atoms with Crippen LogP contribution in [0.2, 0.25) is 0 Å². The largest absolute Gasteiger partial charge is 0.354 e. The lowest BCUT2D eigenvalue weighted by Crippen LogP contribution is -2.46. The minimum absolute atomic E-state index is 0.0360. The zero-order valence-corrected chi connectivity index (χ0v) is 14.1. The number of nitrogens with one attached hydrogen (secondary N) is 2. The Balaban J connectivity index is 1.80. The van der Waals surface area contributed by atoms with Crippen molar-refractivity contribution in [1.29, 1.82) is 0 Å². The van der Waals surface area contributed by atoms with E-state index < -0.39 is 33.7 Å². The molecule has 1 heterocycles. The van der Waals surface area contributed by atoms with Crippen molar-refractivity contribution in [2.24, 2.45) is 0 Å². The number of hydrogen-bond donors (Lipinski definition) is 2. The summed E-state index contributed by atoms with van der Waals surface area (Å²) in [6, 6.07) is 5.06. The monoisotopic (exact) mass is 357 g/mol. The van der Waals surface area contributed by atoms with E-state index in [0.29, 0.717) is 19.4 Å². The highest BCUT2D eigenvalue weighted by Gasteiger charge is 2.36. The topological polar surface area (TPSA) is 95.6 Å². The number of nitrogens with zero attached hydrogens (tertiary/aromatic N) is 1. The van der Waals surface area contributed by atoms with Crippen molar-refractivity contribution in [2.45, 2.75) is 25.3 Å². The van der Waals surface area contributed by atoms with E-state index in [0.717, 1.165) is 6.26 Å². The van der Waals surface area contributed by atoms with Crippen molar-refractivity contribution >= 4 is 27.5 Å². The third-order valence-electron chi connectivity index (χ3n) is 3.73. The fourth-order valence-corrected chi connectivity index (χ4v) is 3.72. The minimum Gasteiger partial charge on any atom is -0.354 e. The van der Waals surface area contributed by atoms with Crippen LogP contribution in [0.15, 0.2) is 24.3 Å². The molecule has 2 rings (SSSR count). The molecule has 1 aromatic rings. The quantitative estimate of drug-likeness (QED) is 0.783. The first kappa shape index (κ1) is 18.3. The number of halogens is 1. The second-order valence-corrected chi connectivity index (χ2v) is 7.54. The van der Waals surface area contributed by atoms with Crippen LogP contribution in [0, 0.1) is 5.82 Å². The van der Waals surface area contributed by atoms with Crippen LogP contribution in [0.4, 0.5) is 10.1 Å². The van der Waals surface area contributed by atoms with Crippen molar-refractivity contribution in [3.05, 3.63) is 30.1 Å². The Morgan fingerprint density at radius 1 is 1.33 bits per heavy atom. The number of hydrogen-bond acceptors (Lipinski definition) is 4. The Bertz CT molecular complexity index is 723. The van der Waals surface area contributed by atoms with E-state index in [-0.39, 0.29) is 18.7 Å². The zero-order chi connectivity index (χ0) is 17.7. The van der Waals surface area contributed by atoms with E-state index >= 15 is 0 Å². The first-order valence-corrected chi connectivity index (χ1v) is 9.43. The van der Waals surface area contributed by atoms with Crippen LogP contribution in [0.25, 0.3) is 0 Å². The Kier molecular flexibility index (Phi) is 5.89. The fraction of sp³-hybridized carbons (Fsp3) is 0.467. The normalized spacial score (nSPS) is 18.3. The van der Waals surface area contributed by atoms with Crippen LogP contribution >= 0.6 is 0 Å².